The number of benzene rings is 1. The third kappa shape index (κ3) is 3.44. The number of imidazole rings is 1. The summed E-state index contributed by atoms with van der Waals surface area (Å²) in [6.07, 6.45) is 1.98. The Morgan fingerprint density at radius 2 is 1.97 bits per heavy atom. The number of hydrogen-bond acceptors (Lipinski definition) is 5. The molecule has 1 atom stereocenters. The van der Waals surface area contributed by atoms with Crippen LogP contribution in [0.25, 0.3) is 16.6 Å². The normalized spacial score (nSPS) is 23.9. The van der Waals surface area contributed by atoms with Gasteiger partial charge in [-0.3, -0.25) is 4.98 Å². The van der Waals surface area contributed by atoms with Crippen molar-refractivity contribution in [3.8, 4) is 0 Å². The van der Waals surface area contributed by atoms with Crippen LogP contribution in [0.5, 0.6) is 0 Å². The average Bonchev–Trinajstić information content (AvgIpc) is 3.09. The number of pyridine rings is 1. The van der Waals surface area contributed by atoms with Crippen molar-refractivity contribution in [3.05, 3.63) is 69.2 Å². The van der Waals surface area contributed by atoms with Gasteiger partial charge in [-0.15, -0.1) is 0 Å². The molecule has 1 aromatic carbocycles. The molecule has 1 aliphatic carbocycles. The Morgan fingerprint density at radius 3 is 2.81 bits per heavy atom. The van der Waals surface area contributed by atoms with E-state index in [9.17, 15) is 0 Å². The van der Waals surface area contributed by atoms with Gasteiger partial charge in [0.05, 0.1) is 23.9 Å². The number of aromatic nitrogens is 4. The predicted molar refractivity (Wildman–Crippen MR) is 124 cm³/mol. The van der Waals surface area contributed by atoms with Crippen molar-refractivity contribution in [2.75, 3.05) is 19.7 Å². The number of fused-ring (bicyclic) bond motifs is 2. The summed E-state index contributed by atoms with van der Waals surface area (Å²) < 4.78 is 8.65. The molecule has 1 N–H and O–H groups in total. The van der Waals surface area contributed by atoms with Gasteiger partial charge >= 0.3 is 0 Å². The first-order valence-electron chi connectivity index (χ1n) is 10.6. The number of hydrogen-bond donors (Lipinski definition) is 1. The largest absolute Gasteiger partial charge is 0.371 e. The van der Waals surface area contributed by atoms with Crippen LogP contribution >= 0.6 is 27.5 Å². The quantitative estimate of drug-likeness (QED) is 0.430. The highest BCUT2D eigenvalue weighted by Gasteiger charge is 2.36. The summed E-state index contributed by atoms with van der Waals surface area (Å²) >= 11 is 10.1. The lowest BCUT2D eigenvalue weighted by Crippen LogP contribution is -2.33. The van der Waals surface area contributed by atoms with E-state index in [1.807, 2.05) is 22.7 Å². The highest BCUT2D eigenvalue weighted by molar-refractivity contribution is 9.10. The smallest absolute Gasteiger partial charge is 0.161 e. The Labute approximate surface area is 193 Å². The molecular formula is C23H21BrClN5O. The molecule has 3 aromatic heterocycles. The average molecular weight is 499 g/mol. The molecule has 0 amide bonds. The fourth-order valence-electron chi connectivity index (χ4n) is 4.66. The number of halogens is 2. The molecular weight excluding hydrogens is 478 g/mol. The van der Waals surface area contributed by atoms with Gasteiger partial charge in [0.2, 0.25) is 0 Å². The van der Waals surface area contributed by atoms with E-state index in [4.69, 9.17) is 26.3 Å². The molecule has 6 nitrogen and oxygen atoms in total. The minimum absolute atomic E-state index is 0.0742. The number of para-hydroxylation sites is 1. The Kier molecular flexibility index (Phi) is 4.94. The molecule has 0 spiro atoms. The van der Waals surface area contributed by atoms with Crippen LogP contribution < -0.4 is 5.32 Å². The van der Waals surface area contributed by atoms with E-state index in [0.29, 0.717) is 23.6 Å². The van der Waals surface area contributed by atoms with E-state index in [-0.39, 0.29) is 6.10 Å². The summed E-state index contributed by atoms with van der Waals surface area (Å²) in [7, 11) is 0. The lowest BCUT2D eigenvalue weighted by molar-refractivity contribution is 0.0282. The number of ether oxygens (including phenoxy) is 1. The second-order valence-corrected chi connectivity index (χ2v) is 9.44. The van der Waals surface area contributed by atoms with Gasteiger partial charge in [-0.25, -0.2) is 9.50 Å². The van der Waals surface area contributed by atoms with E-state index < -0.39 is 0 Å². The topological polar surface area (TPSA) is 64.3 Å². The maximum absolute atomic E-state index is 6.34. The number of nitrogens with zero attached hydrogens (tertiary/aromatic N) is 4. The zero-order valence-electron chi connectivity index (χ0n) is 16.8. The van der Waals surface area contributed by atoms with Gasteiger partial charge in [-0.2, -0.15) is 5.10 Å². The van der Waals surface area contributed by atoms with Crippen LogP contribution in [0.15, 0.2) is 47.1 Å². The molecule has 8 heteroatoms. The molecule has 2 aliphatic rings. The molecule has 4 aromatic rings. The number of rotatable bonds is 3. The molecule has 1 aliphatic heterocycles. The van der Waals surface area contributed by atoms with E-state index in [0.717, 1.165) is 53.0 Å². The van der Waals surface area contributed by atoms with Gasteiger partial charge in [0.1, 0.15) is 4.60 Å². The molecule has 0 bridgehead atoms. The maximum Gasteiger partial charge on any atom is 0.161 e. The molecule has 1 saturated heterocycles. The van der Waals surface area contributed by atoms with Gasteiger partial charge in [0.15, 0.2) is 10.8 Å². The van der Waals surface area contributed by atoms with Crippen molar-refractivity contribution in [1.29, 1.82) is 0 Å². The Morgan fingerprint density at radius 1 is 1.10 bits per heavy atom. The Balaban J connectivity index is 1.29. The lowest BCUT2D eigenvalue weighted by atomic mass is 9.71. The van der Waals surface area contributed by atoms with Crippen molar-refractivity contribution in [3.63, 3.8) is 0 Å². The van der Waals surface area contributed by atoms with E-state index in [1.165, 1.54) is 11.1 Å². The summed E-state index contributed by atoms with van der Waals surface area (Å²) in [4.78, 5) is 9.88. The van der Waals surface area contributed by atoms with E-state index >= 15 is 0 Å². The van der Waals surface area contributed by atoms with Crippen LogP contribution in [0.3, 0.4) is 0 Å². The van der Waals surface area contributed by atoms with Crippen LogP contribution in [0.4, 0.5) is 0 Å². The fourth-order valence-corrected chi connectivity index (χ4v) is 5.51. The molecule has 2 fully saturated rings. The van der Waals surface area contributed by atoms with Gasteiger partial charge in [-0.1, -0.05) is 35.9 Å². The Hall–Kier alpha value is -2.06. The molecule has 31 heavy (non-hydrogen) atoms. The third-order valence-electron chi connectivity index (χ3n) is 6.39. The first-order valence-corrected chi connectivity index (χ1v) is 11.8. The molecule has 1 saturated carbocycles. The summed E-state index contributed by atoms with van der Waals surface area (Å²) in [6.45, 7) is 2.28. The fraction of sp³-hybridized carbons (Fsp3) is 0.348. The highest BCUT2D eigenvalue weighted by Crippen LogP contribution is 2.49. The van der Waals surface area contributed by atoms with E-state index in [1.54, 1.807) is 0 Å². The van der Waals surface area contributed by atoms with Crippen LogP contribution in [0.1, 0.15) is 47.7 Å². The summed E-state index contributed by atoms with van der Waals surface area (Å²) in [5, 5.41) is 9.48. The van der Waals surface area contributed by atoms with Crippen molar-refractivity contribution >= 4 is 44.1 Å². The zero-order valence-corrected chi connectivity index (χ0v) is 19.1. The number of nitrogens with one attached hydrogen (secondary N) is 1. The Bertz CT molecular complexity index is 1280. The second-order valence-electron chi connectivity index (χ2n) is 8.30. The highest BCUT2D eigenvalue weighted by atomic mass is 79.9. The SMILES string of the molecule is Clc1cc(C2CNCCO2)c2nc(C3CC(c4ccc5ccccc5n4)C3)c(Br)n2n1. The van der Waals surface area contributed by atoms with Crippen LogP contribution in [-0.2, 0) is 4.74 Å². The monoisotopic (exact) mass is 497 g/mol. The van der Waals surface area contributed by atoms with E-state index in [2.05, 4.69) is 50.6 Å². The van der Waals surface area contributed by atoms with Crippen LogP contribution in [0.2, 0.25) is 5.15 Å². The van der Waals surface area contributed by atoms with Crippen LogP contribution in [-0.4, -0.2) is 39.3 Å². The van der Waals surface area contributed by atoms with Gasteiger partial charge in [0.25, 0.3) is 0 Å². The molecule has 1 unspecified atom stereocenters. The minimum Gasteiger partial charge on any atom is -0.371 e. The zero-order chi connectivity index (χ0) is 20.9. The lowest BCUT2D eigenvalue weighted by Gasteiger charge is -2.34. The molecule has 0 radical (unpaired) electrons. The minimum atomic E-state index is -0.0742. The standard InChI is InChI=1S/C23H21BrClN5O/c24-22-21(15-9-14(10-15)18-6-5-13-3-1-2-4-17(13)27-18)28-23-16(11-20(25)29-30(22)23)19-12-26-7-8-31-19/h1-6,11,14-15,19,26H,7-10,12H2. The number of morpholine rings is 1. The van der Waals surface area contributed by atoms with Gasteiger partial charge in [0, 0.05) is 41.6 Å². The third-order valence-corrected chi connectivity index (χ3v) is 7.32. The summed E-state index contributed by atoms with van der Waals surface area (Å²) in [5.41, 5.74) is 5.05. The molecule has 6 rings (SSSR count). The first-order chi connectivity index (χ1) is 15.2. The van der Waals surface area contributed by atoms with Gasteiger partial charge in [-0.05, 0) is 47.0 Å². The first kappa shape index (κ1) is 19.6. The van der Waals surface area contributed by atoms with Crippen LogP contribution in [0, 0.1) is 0 Å². The molecule has 158 valence electrons. The summed E-state index contributed by atoms with van der Waals surface area (Å²) in [6, 6.07) is 14.5. The second kappa shape index (κ2) is 7.81. The molecule has 4 heterocycles. The van der Waals surface area contributed by atoms with Crippen molar-refractivity contribution in [2.24, 2.45) is 0 Å². The maximum atomic E-state index is 6.34. The summed E-state index contributed by atoms with van der Waals surface area (Å²) in [5.74, 6) is 0.819. The van der Waals surface area contributed by atoms with Gasteiger partial charge < -0.3 is 10.1 Å². The van der Waals surface area contributed by atoms with Crippen molar-refractivity contribution in [1.82, 2.24) is 24.9 Å². The van der Waals surface area contributed by atoms with Crippen molar-refractivity contribution < 1.29 is 4.74 Å². The predicted octanol–water partition coefficient (Wildman–Crippen LogP) is 5.02. The van der Waals surface area contributed by atoms with Crippen molar-refractivity contribution in [2.45, 2.75) is 30.8 Å².